The Bertz CT molecular complexity index is 1230. The Morgan fingerprint density at radius 1 is 1.09 bits per heavy atom. The Balaban J connectivity index is 1.69. The first-order valence-electron chi connectivity index (χ1n) is 10.3. The molecule has 0 aliphatic carbocycles. The van der Waals surface area contributed by atoms with Gasteiger partial charge in [-0.15, -0.1) is 0 Å². The summed E-state index contributed by atoms with van der Waals surface area (Å²) in [5, 5.41) is 0. The van der Waals surface area contributed by atoms with Crippen molar-refractivity contribution in [3.8, 4) is 5.75 Å². The summed E-state index contributed by atoms with van der Waals surface area (Å²) >= 11 is 1.40. The van der Waals surface area contributed by atoms with Crippen LogP contribution in [0.1, 0.15) is 30.1 Å². The van der Waals surface area contributed by atoms with Gasteiger partial charge in [-0.1, -0.05) is 17.4 Å². The smallest absolute Gasteiger partial charge is 0.279 e. The molecule has 1 saturated heterocycles. The lowest BCUT2D eigenvalue weighted by Gasteiger charge is -2.13. The minimum Gasteiger partial charge on any atom is -0.495 e. The molecule has 0 radical (unpaired) electrons. The molecule has 0 saturated carbocycles. The number of amides is 3. The summed E-state index contributed by atoms with van der Waals surface area (Å²) < 4.78 is 13.9. The number of hydrogen-bond acceptors (Lipinski definition) is 6. The fourth-order valence-corrected chi connectivity index (χ4v) is 4.70. The van der Waals surface area contributed by atoms with Gasteiger partial charge < -0.3 is 14.0 Å². The van der Waals surface area contributed by atoms with E-state index in [1.807, 2.05) is 29.7 Å². The van der Waals surface area contributed by atoms with Gasteiger partial charge in [-0.3, -0.25) is 19.3 Å². The molecule has 1 aliphatic rings. The molecule has 2 heterocycles. The zero-order valence-corrected chi connectivity index (χ0v) is 18.7. The normalized spacial score (nSPS) is 14.6. The quantitative estimate of drug-likeness (QED) is 0.405. The molecule has 3 amide bonds. The van der Waals surface area contributed by atoms with Crippen molar-refractivity contribution < 1.29 is 23.9 Å². The first kappa shape index (κ1) is 21.9. The molecule has 0 spiro atoms. The summed E-state index contributed by atoms with van der Waals surface area (Å²) in [6, 6.07) is 12.1. The van der Waals surface area contributed by atoms with Crippen LogP contribution in [0.2, 0.25) is 0 Å². The van der Waals surface area contributed by atoms with Crippen LogP contribution in [-0.4, -0.2) is 42.6 Å². The summed E-state index contributed by atoms with van der Waals surface area (Å²) in [4.78, 5) is 42.8. The SMILES string of the molecule is CCOCCn1c(=NC(=O)c2ccc(N3C(=O)CCC3=O)cc2)sc2cccc(OC)c21. The minimum absolute atomic E-state index is 0.214. The third-order valence-electron chi connectivity index (χ3n) is 5.17. The minimum atomic E-state index is -0.411. The lowest BCUT2D eigenvalue weighted by atomic mass is 10.2. The second-order valence-corrected chi connectivity index (χ2v) is 8.14. The number of nitrogens with zero attached hydrogens (tertiary/aromatic N) is 3. The Morgan fingerprint density at radius 2 is 1.81 bits per heavy atom. The summed E-state index contributed by atoms with van der Waals surface area (Å²) in [7, 11) is 1.61. The fraction of sp³-hybridized carbons (Fsp3) is 0.304. The van der Waals surface area contributed by atoms with Crippen molar-refractivity contribution in [1.29, 1.82) is 0 Å². The van der Waals surface area contributed by atoms with Crippen molar-refractivity contribution in [3.05, 3.63) is 52.8 Å². The van der Waals surface area contributed by atoms with Crippen molar-refractivity contribution in [2.45, 2.75) is 26.3 Å². The maximum Gasteiger partial charge on any atom is 0.279 e. The number of imide groups is 1. The van der Waals surface area contributed by atoms with E-state index in [-0.39, 0.29) is 24.7 Å². The van der Waals surface area contributed by atoms with Crippen molar-refractivity contribution in [2.75, 3.05) is 25.2 Å². The number of hydrogen-bond donors (Lipinski definition) is 0. The van der Waals surface area contributed by atoms with Crippen LogP contribution >= 0.6 is 11.3 Å². The van der Waals surface area contributed by atoms with E-state index in [1.54, 1.807) is 31.4 Å². The zero-order valence-electron chi connectivity index (χ0n) is 17.9. The highest BCUT2D eigenvalue weighted by atomic mass is 32.1. The largest absolute Gasteiger partial charge is 0.495 e. The molecule has 0 unspecified atom stereocenters. The Hall–Kier alpha value is -3.30. The van der Waals surface area contributed by atoms with E-state index in [2.05, 4.69) is 4.99 Å². The van der Waals surface area contributed by atoms with Crippen LogP contribution in [-0.2, 0) is 20.9 Å². The second-order valence-electron chi connectivity index (χ2n) is 7.13. The van der Waals surface area contributed by atoms with Gasteiger partial charge in [0.15, 0.2) is 4.80 Å². The number of fused-ring (bicyclic) bond motifs is 1. The molecule has 1 aromatic heterocycles. The average molecular weight is 454 g/mol. The summed E-state index contributed by atoms with van der Waals surface area (Å²) in [6.45, 7) is 3.53. The van der Waals surface area contributed by atoms with Gasteiger partial charge in [0.05, 0.1) is 24.1 Å². The second kappa shape index (κ2) is 9.46. The van der Waals surface area contributed by atoms with Crippen LogP contribution in [0.5, 0.6) is 5.75 Å². The Morgan fingerprint density at radius 3 is 2.47 bits per heavy atom. The third-order valence-corrected chi connectivity index (χ3v) is 6.21. The lowest BCUT2D eigenvalue weighted by molar-refractivity contribution is -0.121. The summed E-state index contributed by atoms with van der Waals surface area (Å²) in [5.74, 6) is -0.165. The highest BCUT2D eigenvalue weighted by molar-refractivity contribution is 7.16. The molecule has 1 fully saturated rings. The third kappa shape index (κ3) is 4.21. The van der Waals surface area contributed by atoms with Crippen LogP contribution in [0.3, 0.4) is 0 Å². The van der Waals surface area contributed by atoms with Crippen LogP contribution in [0.15, 0.2) is 47.5 Å². The summed E-state index contributed by atoms with van der Waals surface area (Å²) in [6.07, 6.45) is 0.429. The van der Waals surface area contributed by atoms with Gasteiger partial charge in [0.1, 0.15) is 11.3 Å². The molecule has 8 nitrogen and oxygen atoms in total. The van der Waals surface area contributed by atoms with Crippen molar-refractivity contribution >= 4 is 45.0 Å². The predicted molar refractivity (Wildman–Crippen MR) is 121 cm³/mol. The molecular weight excluding hydrogens is 430 g/mol. The molecule has 1 aliphatic heterocycles. The molecule has 166 valence electrons. The maximum atomic E-state index is 12.9. The Kier molecular flexibility index (Phi) is 6.48. The number of ether oxygens (including phenoxy) is 2. The molecule has 0 N–H and O–H groups in total. The monoisotopic (exact) mass is 453 g/mol. The number of anilines is 1. The van der Waals surface area contributed by atoms with E-state index in [4.69, 9.17) is 9.47 Å². The van der Waals surface area contributed by atoms with E-state index in [1.165, 1.54) is 11.3 Å². The van der Waals surface area contributed by atoms with E-state index in [0.29, 0.717) is 41.6 Å². The maximum absolute atomic E-state index is 12.9. The van der Waals surface area contributed by atoms with Crippen LogP contribution < -0.4 is 14.4 Å². The number of rotatable bonds is 7. The van der Waals surface area contributed by atoms with Gasteiger partial charge >= 0.3 is 0 Å². The zero-order chi connectivity index (χ0) is 22.7. The molecule has 0 bridgehead atoms. The molecule has 2 aromatic carbocycles. The first-order valence-corrected chi connectivity index (χ1v) is 11.1. The number of methoxy groups -OCH3 is 1. The molecule has 32 heavy (non-hydrogen) atoms. The van der Waals surface area contributed by atoms with Crippen molar-refractivity contribution in [2.24, 2.45) is 4.99 Å². The Labute approximate surface area is 188 Å². The molecule has 9 heteroatoms. The van der Waals surface area contributed by atoms with Crippen molar-refractivity contribution in [3.63, 3.8) is 0 Å². The molecular formula is C23H23N3O5S. The van der Waals surface area contributed by atoms with Gasteiger partial charge in [-0.25, -0.2) is 0 Å². The van der Waals surface area contributed by atoms with Gasteiger partial charge in [0.25, 0.3) is 5.91 Å². The number of thiazole rings is 1. The van der Waals surface area contributed by atoms with Crippen LogP contribution in [0, 0.1) is 0 Å². The highest BCUT2D eigenvalue weighted by Crippen LogP contribution is 2.27. The van der Waals surface area contributed by atoms with Crippen LogP contribution in [0.25, 0.3) is 10.2 Å². The van der Waals surface area contributed by atoms with Gasteiger partial charge in [0, 0.05) is 31.6 Å². The lowest BCUT2D eigenvalue weighted by Crippen LogP contribution is -2.28. The van der Waals surface area contributed by atoms with E-state index in [9.17, 15) is 14.4 Å². The molecule has 4 rings (SSSR count). The number of aromatic nitrogens is 1. The fourth-order valence-electron chi connectivity index (χ4n) is 3.62. The van der Waals surface area contributed by atoms with Crippen molar-refractivity contribution in [1.82, 2.24) is 4.57 Å². The first-order chi connectivity index (χ1) is 15.5. The topological polar surface area (TPSA) is 90.2 Å². The number of carbonyl (C=O) groups excluding carboxylic acids is 3. The molecule has 3 aromatic rings. The van der Waals surface area contributed by atoms with Gasteiger partial charge in [-0.2, -0.15) is 4.99 Å². The molecule has 0 atom stereocenters. The number of para-hydroxylation sites is 1. The van der Waals surface area contributed by atoms with Gasteiger partial charge in [0.2, 0.25) is 11.8 Å². The van der Waals surface area contributed by atoms with Gasteiger partial charge in [-0.05, 0) is 43.3 Å². The average Bonchev–Trinajstić information content (AvgIpc) is 3.32. The highest BCUT2D eigenvalue weighted by Gasteiger charge is 2.30. The van der Waals surface area contributed by atoms with E-state index in [0.717, 1.165) is 15.1 Å². The predicted octanol–water partition coefficient (Wildman–Crippen LogP) is 3.14. The number of benzene rings is 2. The van der Waals surface area contributed by atoms with Crippen LogP contribution in [0.4, 0.5) is 5.69 Å². The summed E-state index contributed by atoms with van der Waals surface area (Å²) in [5.41, 5.74) is 1.70. The van der Waals surface area contributed by atoms with E-state index < -0.39 is 5.91 Å². The number of carbonyl (C=O) groups is 3. The van der Waals surface area contributed by atoms with E-state index >= 15 is 0 Å². The standard InChI is InChI=1S/C23H23N3O5S/c1-3-31-14-13-25-21-17(30-2)5-4-6-18(21)32-23(25)24-22(29)15-7-9-16(10-8-15)26-19(27)11-12-20(26)28/h4-10H,3,11-14H2,1-2H3.